The van der Waals surface area contributed by atoms with Gasteiger partial charge < -0.3 is 29.2 Å². The molecule has 5 heteroatoms. The molecule has 1 aliphatic heterocycles. The van der Waals surface area contributed by atoms with Crippen LogP contribution in [0.2, 0.25) is 0 Å². The molecule has 1 aliphatic carbocycles. The Morgan fingerprint density at radius 2 is 1.81 bits per heavy atom. The largest absolute Gasteiger partial charge is 3.00 e. The van der Waals surface area contributed by atoms with Gasteiger partial charge in [0.05, 0.1) is 11.5 Å². The fourth-order valence-electron chi connectivity index (χ4n) is 3.07. The molecule has 0 N–H and O–H groups in total. The van der Waals surface area contributed by atoms with E-state index in [-0.39, 0.29) is 51.0 Å². The number of furan rings is 1. The molecule has 0 fully saturated rings. The van der Waals surface area contributed by atoms with E-state index in [1.165, 1.54) is 20.6 Å². The van der Waals surface area contributed by atoms with Gasteiger partial charge in [0.1, 0.15) is 0 Å². The standard InChI is InChI=1S/C14H11O.C8H8S.2ClH.Zr/c1-10-6-7-14(15-10)13-8-11-4-2-3-5-12(11)9-13;1-6-5-7-3-2-4-8(7)9-6;;;/h2-9H,1H3;2-5,7H,1H3;2*1H;/q-1;;;;+3/p-2. The smallest absolute Gasteiger partial charge is 1.00 e. The zero-order valence-electron chi connectivity index (χ0n) is 15.1. The summed E-state index contributed by atoms with van der Waals surface area (Å²) in [4.78, 5) is 2.93. The fourth-order valence-corrected chi connectivity index (χ4v) is 4.09. The van der Waals surface area contributed by atoms with Gasteiger partial charge in [0.15, 0.2) is 0 Å². The molecule has 1 atom stereocenters. The molecule has 5 rings (SSSR count). The third-order valence-electron chi connectivity index (χ3n) is 4.24. The summed E-state index contributed by atoms with van der Waals surface area (Å²) in [5, 5.41) is 2.53. The van der Waals surface area contributed by atoms with Crippen molar-refractivity contribution in [1.29, 1.82) is 0 Å². The van der Waals surface area contributed by atoms with E-state index in [2.05, 4.69) is 67.6 Å². The van der Waals surface area contributed by atoms with Crippen LogP contribution in [-0.4, -0.2) is 0 Å². The number of thioether (sulfide) groups is 1. The third kappa shape index (κ3) is 5.58. The second-order valence-corrected chi connectivity index (χ2v) is 7.46. The van der Waals surface area contributed by atoms with E-state index in [1.54, 1.807) is 0 Å². The van der Waals surface area contributed by atoms with Crippen molar-refractivity contribution in [2.45, 2.75) is 13.8 Å². The second-order valence-electron chi connectivity index (χ2n) is 6.14. The summed E-state index contributed by atoms with van der Waals surface area (Å²) in [6, 6.07) is 16.7. The van der Waals surface area contributed by atoms with Crippen LogP contribution in [-0.2, 0) is 26.2 Å². The van der Waals surface area contributed by atoms with E-state index in [0.29, 0.717) is 5.92 Å². The summed E-state index contributed by atoms with van der Waals surface area (Å²) in [6.45, 7) is 4.13. The summed E-state index contributed by atoms with van der Waals surface area (Å²) in [5.41, 5.74) is 1.16. The molecule has 0 spiro atoms. The van der Waals surface area contributed by atoms with Crippen LogP contribution in [0.4, 0.5) is 0 Å². The first-order valence-corrected chi connectivity index (χ1v) is 8.98. The molecule has 2 aliphatic rings. The molecule has 0 saturated carbocycles. The average molecular weight is 494 g/mol. The number of hydrogen-bond donors (Lipinski definition) is 0. The van der Waals surface area contributed by atoms with E-state index in [9.17, 15) is 0 Å². The Morgan fingerprint density at radius 3 is 2.48 bits per heavy atom. The number of allylic oxidation sites excluding steroid dienone is 6. The Balaban J connectivity index is 0.000000266. The van der Waals surface area contributed by atoms with E-state index >= 15 is 0 Å². The Bertz CT molecular complexity index is 948. The number of rotatable bonds is 1. The molecule has 2 heterocycles. The van der Waals surface area contributed by atoms with Gasteiger partial charge in [-0.1, -0.05) is 59.8 Å². The predicted molar refractivity (Wildman–Crippen MR) is 104 cm³/mol. The minimum absolute atomic E-state index is 0. The number of halogens is 2. The molecular weight excluding hydrogens is 474 g/mol. The van der Waals surface area contributed by atoms with Crippen molar-refractivity contribution >= 4 is 22.5 Å². The van der Waals surface area contributed by atoms with Gasteiger partial charge in [-0.2, -0.15) is 0 Å². The number of benzene rings is 1. The third-order valence-corrected chi connectivity index (χ3v) is 5.35. The Morgan fingerprint density at radius 1 is 1.04 bits per heavy atom. The fraction of sp³-hybridized carbons (Fsp3) is 0.136. The van der Waals surface area contributed by atoms with Crippen LogP contribution in [0.15, 0.2) is 87.1 Å². The van der Waals surface area contributed by atoms with Crippen LogP contribution in [0.5, 0.6) is 0 Å². The van der Waals surface area contributed by atoms with Gasteiger partial charge in [-0.25, -0.2) is 0 Å². The predicted octanol–water partition coefficient (Wildman–Crippen LogP) is 0.840. The number of fused-ring (bicyclic) bond motifs is 2. The second kappa shape index (κ2) is 10.6. The maximum absolute atomic E-state index is 5.60. The maximum Gasteiger partial charge on any atom is 3.00 e. The Hall–Kier alpha value is -0.857. The molecule has 1 radical (unpaired) electrons. The molecule has 0 amide bonds. The van der Waals surface area contributed by atoms with Crippen LogP contribution >= 0.6 is 11.8 Å². The molecule has 1 aromatic heterocycles. The van der Waals surface area contributed by atoms with E-state index in [4.69, 9.17) is 4.42 Å². The first-order chi connectivity index (χ1) is 11.7. The van der Waals surface area contributed by atoms with Crippen molar-refractivity contribution in [2.75, 3.05) is 0 Å². The number of aryl methyl sites for hydroxylation is 1. The van der Waals surface area contributed by atoms with Gasteiger partial charge in [-0.05, 0) is 30.9 Å². The summed E-state index contributed by atoms with van der Waals surface area (Å²) in [5.74, 6) is 2.54. The molecule has 1 nitrogen and oxygen atoms in total. The zero-order chi connectivity index (χ0) is 16.5. The van der Waals surface area contributed by atoms with Crippen LogP contribution in [0.1, 0.15) is 12.7 Å². The minimum Gasteiger partial charge on any atom is -1.00 e. The van der Waals surface area contributed by atoms with Crippen molar-refractivity contribution in [3.8, 4) is 11.3 Å². The maximum atomic E-state index is 5.60. The molecule has 27 heavy (non-hydrogen) atoms. The van der Waals surface area contributed by atoms with Crippen LogP contribution in [0.3, 0.4) is 0 Å². The van der Waals surface area contributed by atoms with Crippen molar-refractivity contribution in [1.82, 2.24) is 0 Å². The molecule has 0 bridgehead atoms. The molecule has 3 aromatic rings. The normalized spacial score (nSPS) is 16.1. The quantitative estimate of drug-likeness (QED) is 0.467. The van der Waals surface area contributed by atoms with E-state index < -0.39 is 0 Å². The van der Waals surface area contributed by atoms with Gasteiger partial charge in [-0.15, -0.1) is 29.0 Å². The average Bonchev–Trinajstić information content (AvgIpc) is 3.29. The monoisotopic (exact) mass is 491 g/mol. The summed E-state index contributed by atoms with van der Waals surface area (Å²) >= 11 is 1.90. The van der Waals surface area contributed by atoms with Crippen molar-refractivity contribution in [3.05, 3.63) is 88.4 Å². The first-order valence-electron chi connectivity index (χ1n) is 8.16. The summed E-state index contributed by atoms with van der Waals surface area (Å²) in [7, 11) is 0. The Kier molecular flexibility index (Phi) is 9.51. The molecule has 2 aromatic carbocycles. The SMILES string of the molecule is CC1=CC2C=CC=C2S1.Cc1ccc(-c2cc3ccccc3[cH-]2)o1.[Cl-].[Cl-].[Zr+3]. The molecule has 1 unspecified atom stereocenters. The van der Waals surface area contributed by atoms with Crippen molar-refractivity contribution in [3.63, 3.8) is 0 Å². The first kappa shape index (κ1) is 24.2. The van der Waals surface area contributed by atoms with E-state index in [1.807, 2.05) is 30.8 Å². The summed E-state index contributed by atoms with van der Waals surface area (Å²) in [6.07, 6.45) is 8.87. The zero-order valence-corrected chi connectivity index (χ0v) is 19.9. The minimum atomic E-state index is 0. The van der Waals surface area contributed by atoms with Gasteiger partial charge in [-0.3, -0.25) is 0 Å². The molecule has 0 saturated heterocycles. The van der Waals surface area contributed by atoms with Crippen LogP contribution in [0, 0.1) is 12.8 Å². The van der Waals surface area contributed by atoms with Crippen LogP contribution < -0.4 is 24.8 Å². The van der Waals surface area contributed by atoms with Crippen LogP contribution in [0.25, 0.3) is 22.1 Å². The van der Waals surface area contributed by atoms with Crippen molar-refractivity contribution < 1.29 is 55.4 Å². The van der Waals surface area contributed by atoms with Gasteiger partial charge in [0.2, 0.25) is 0 Å². The molecule has 137 valence electrons. The number of hydrogen-bond acceptors (Lipinski definition) is 2. The van der Waals surface area contributed by atoms with Gasteiger partial charge >= 0.3 is 26.2 Å². The van der Waals surface area contributed by atoms with E-state index in [0.717, 1.165) is 17.1 Å². The van der Waals surface area contributed by atoms with Gasteiger partial charge in [0, 0.05) is 10.8 Å². The van der Waals surface area contributed by atoms with Gasteiger partial charge in [0.25, 0.3) is 0 Å². The van der Waals surface area contributed by atoms with Crippen molar-refractivity contribution in [2.24, 2.45) is 5.92 Å². The Labute approximate surface area is 196 Å². The topological polar surface area (TPSA) is 13.1 Å². The molecular formula is C22H19Cl2OSZr. The summed E-state index contributed by atoms with van der Waals surface area (Å²) < 4.78 is 5.60.